The van der Waals surface area contributed by atoms with Gasteiger partial charge in [0.2, 0.25) is 0 Å². The molecule has 0 amide bonds. The third-order valence-electron chi connectivity index (χ3n) is 3.79. The van der Waals surface area contributed by atoms with E-state index in [4.69, 9.17) is 4.74 Å². The lowest BCUT2D eigenvalue weighted by Gasteiger charge is -2.22. The van der Waals surface area contributed by atoms with Gasteiger partial charge in [0.25, 0.3) is 0 Å². The van der Waals surface area contributed by atoms with Crippen LogP contribution in [0.5, 0.6) is 5.75 Å². The van der Waals surface area contributed by atoms with Crippen molar-refractivity contribution >= 4 is 0 Å². The van der Waals surface area contributed by atoms with E-state index in [1.54, 1.807) is 6.92 Å². The van der Waals surface area contributed by atoms with Gasteiger partial charge in [-0.1, -0.05) is 78.9 Å². The second kappa shape index (κ2) is 7.12. The van der Waals surface area contributed by atoms with Crippen LogP contribution in [0.3, 0.4) is 0 Å². The monoisotopic (exact) mass is 304 g/mol. The predicted molar refractivity (Wildman–Crippen MR) is 92.6 cm³/mol. The highest BCUT2D eigenvalue weighted by atomic mass is 16.6. The molecule has 23 heavy (non-hydrogen) atoms. The third-order valence-corrected chi connectivity index (χ3v) is 3.79. The van der Waals surface area contributed by atoms with Crippen LogP contribution in [0.2, 0.25) is 0 Å². The zero-order chi connectivity index (χ0) is 16.1. The van der Waals surface area contributed by atoms with Gasteiger partial charge >= 0.3 is 0 Å². The van der Waals surface area contributed by atoms with Crippen molar-refractivity contribution in [3.63, 3.8) is 0 Å². The molecule has 0 fully saturated rings. The average molecular weight is 304 g/mol. The van der Waals surface area contributed by atoms with Gasteiger partial charge in [0.05, 0.1) is 0 Å². The lowest BCUT2D eigenvalue weighted by atomic mass is 9.85. The molecule has 0 aliphatic carbocycles. The Morgan fingerprint density at radius 1 is 0.696 bits per heavy atom. The molecule has 1 unspecified atom stereocenters. The van der Waals surface area contributed by atoms with E-state index >= 15 is 0 Å². The van der Waals surface area contributed by atoms with Crippen molar-refractivity contribution < 1.29 is 9.84 Å². The van der Waals surface area contributed by atoms with E-state index in [0.29, 0.717) is 5.75 Å². The van der Waals surface area contributed by atoms with Crippen molar-refractivity contribution in [3.05, 3.63) is 102 Å². The van der Waals surface area contributed by atoms with Crippen LogP contribution < -0.4 is 4.74 Å². The summed E-state index contributed by atoms with van der Waals surface area (Å²) in [5.74, 6) is 0.771. The molecule has 0 bridgehead atoms. The molecule has 0 saturated carbocycles. The number of benzene rings is 3. The zero-order valence-corrected chi connectivity index (χ0v) is 13.1. The smallest absolute Gasteiger partial charge is 0.194 e. The lowest BCUT2D eigenvalue weighted by molar-refractivity contribution is -0.00104. The maximum Gasteiger partial charge on any atom is 0.194 e. The van der Waals surface area contributed by atoms with Gasteiger partial charge in [-0.2, -0.15) is 0 Å². The molecule has 0 aliphatic heterocycles. The van der Waals surface area contributed by atoms with Crippen LogP contribution in [0.1, 0.15) is 29.5 Å². The summed E-state index contributed by atoms with van der Waals surface area (Å²) in [4.78, 5) is 0. The number of aliphatic hydroxyl groups excluding tert-OH is 1. The summed E-state index contributed by atoms with van der Waals surface area (Å²) >= 11 is 0. The first-order valence-corrected chi connectivity index (χ1v) is 7.79. The minimum atomic E-state index is -0.844. The molecule has 2 nitrogen and oxygen atoms in total. The number of aliphatic hydroxyl groups is 1. The van der Waals surface area contributed by atoms with Crippen LogP contribution in [0.15, 0.2) is 84.9 Å². The number of para-hydroxylation sites is 1. The number of ether oxygens (including phenoxy) is 1. The molecule has 0 aromatic heterocycles. The zero-order valence-electron chi connectivity index (χ0n) is 13.1. The van der Waals surface area contributed by atoms with Crippen molar-refractivity contribution in [1.82, 2.24) is 0 Å². The molecule has 0 spiro atoms. The fraction of sp³-hybridized carbons (Fsp3) is 0.143. The minimum absolute atomic E-state index is 0.0624. The van der Waals surface area contributed by atoms with Crippen molar-refractivity contribution in [1.29, 1.82) is 0 Å². The molecule has 1 atom stereocenters. The Balaban J connectivity index is 2.14. The third kappa shape index (κ3) is 3.61. The Hall–Kier alpha value is -2.58. The average Bonchev–Trinajstić information content (AvgIpc) is 2.58. The predicted octanol–water partition coefficient (Wildman–Crippen LogP) is 4.58. The maximum atomic E-state index is 9.63. The van der Waals surface area contributed by atoms with Gasteiger partial charge in [-0.15, -0.1) is 0 Å². The molecule has 0 saturated heterocycles. The van der Waals surface area contributed by atoms with Crippen molar-refractivity contribution in [3.8, 4) is 5.75 Å². The molecule has 3 rings (SSSR count). The lowest BCUT2D eigenvalue weighted by Crippen LogP contribution is -2.13. The standard InChI is InChI=1S/C21H20O2/c1-16(22)23-20-15-9-8-14-19(20)21(17-10-4-2-5-11-17)18-12-6-3-7-13-18/h2-16,21-22H,1H3. The molecular formula is C21H20O2. The molecule has 3 aromatic carbocycles. The topological polar surface area (TPSA) is 29.5 Å². The van der Waals surface area contributed by atoms with E-state index in [0.717, 1.165) is 5.56 Å². The van der Waals surface area contributed by atoms with Gasteiger partial charge in [-0.25, -0.2) is 0 Å². The van der Waals surface area contributed by atoms with E-state index in [1.165, 1.54) is 11.1 Å². The number of hydrogen-bond donors (Lipinski definition) is 1. The quantitative estimate of drug-likeness (QED) is 0.552. The highest BCUT2D eigenvalue weighted by molar-refractivity contribution is 5.48. The van der Waals surface area contributed by atoms with Crippen molar-refractivity contribution in [2.24, 2.45) is 0 Å². The summed E-state index contributed by atoms with van der Waals surface area (Å²) < 4.78 is 5.62. The van der Waals surface area contributed by atoms with Gasteiger partial charge in [0, 0.05) is 11.5 Å². The van der Waals surface area contributed by atoms with Crippen LogP contribution in [-0.4, -0.2) is 11.4 Å². The summed E-state index contributed by atoms with van der Waals surface area (Å²) in [5.41, 5.74) is 3.44. The molecular weight excluding hydrogens is 284 g/mol. The highest BCUT2D eigenvalue weighted by Crippen LogP contribution is 2.37. The first-order chi connectivity index (χ1) is 11.3. The van der Waals surface area contributed by atoms with Crippen LogP contribution in [0.4, 0.5) is 0 Å². The van der Waals surface area contributed by atoms with Gasteiger partial charge in [0.1, 0.15) is 5.75 Å². The van der Waals surface area contributed by atoms with E-state index < -0.39 is 6.29 Å². The van der Waals surface area contributed by atoms with E-state index in [9.17, 15) is 5.11 Å². The molecule has 3 aromatic rings. The van der Waals surface area contributed by atoms with E-state index in [2.05, 4.69) is 30.3 Å². The van der Waals surface area contributed by atoms with Crippen molar-refractivity contribution in [2.75, 3.05) is 0 Å². The second-order valence-corrected chi connectivity index (χ2v) is 5.51. The fourth-order valence-corrected chi connectivity index (χ4v) is 2.85. The van der Waals surface area contributed by atoms with Crippen LogP contribution in [-0.2, 0) is 0 Å². The number of hydrogen-bond acceptors (Lipinski definition) is 2. The van der Waals surface area contributed by atoms with Gasteiger partial charge in [0.15, 0.2) is 6.29 Å². The Bertz CT molecular complexity index is 697. The van der Waals surface area contributed by atoms with Crippen molar-refractivity contribution in [2.45, 2.75) is 19.1 Å². The second-order valence-electron chi connectivity index (χ2n) is 5.51. The van der Waals surface area contributed by atoms with Crippen LogP contribution >= 0.6 is 0 Å². The Morgan fingerprint density at radius 3 is 1.70 bits per heavy atom. The van der Waals surface area contributed by atoms with Crippen LogP contribution in [0, 0.1) is 0 Å². The molecule has 0 radical (unpaired) electrons. The first kappa shape index (κ1) is 15.3. The maximum absolute atomic E-state index is 9.63. The van der Waals surface area contributed by atoms with Crippen LogP contribution in [0.25, 0.3) is 0 Å². The fourth-order valence-electron chi connectivity index (χ4n) is 2.85. The first-order valence-electron chi connectivity index (χ1n) is 7.79. The Morgan fingerprint density at radius 2 is 1.17 bits per heavy atom. The van der Waals surface area contributed by atoms with Gasteiger partial charge < -0.3 is 9.84 Å². The van der Waals surface area contributed by atoms with Gasteiger partial charge in [-0.3, -0.25) is 0 Å². The SMILES string of the molecule is CC(O)Oc1ccccc1C(c1ccccc1)c1ccccc1. The summed E-state index contributed by atoms with van der Waals surface area (Å²) in [6, 6.07) is 28.6. The number of rotatable bonds is 5. The molecule has 2 heteroatoms. The summed E-state index contributed by atoms with van der Waals surface area (Å²) in [6.07, 6.45) is -0.844. The Labute approximate surface area is 137 Å². The molecule has 0 aliphatic rings. The highest BCUT2D eigenvalue weighted by Gasteiger charge is 2.20. The van der Waals surface area contributed by atoms with E-state index in [-0.39, 0.29) is 5.92 Å². The molecule has 1 N–H and O–H groups in total. The summed E-state index contributed by atoms with van der Waals surface area (Å²) in [7, 11) is 0. The largest absolute Gasteiger partial charge is 0.465 e. The summed E-state index contributed by atoms with van der Waals surface area (Å²) in [6.45, 7) is 1.62. The van der Waals surface area contributed by atoms with Gasteiger partial charge in [-0.05, 0) is 24.1 Å². The molecule has 0 heterocycles. The molecule has 116 valence electrons. The minimum Gasteiger partial charge on any atom is -0.465 e. The van der Waals surface area contributed by atoms with E-state index in [1.807, 2.05) is 54.6 Å². The summed E-state index contributed by atoms with van der Waals surface area (Å²) in [5, 5.41) is 9.63. The normalized spacial score (nSPS) is 12.1. The Kier molecular flexibility index (Phi) is 4.74.